The average molecular weight is 508 g/mol. The van der Waals surface area contributed by atoms with Crippen LogP contribution in [0.1, 0.15) is 6.42 Å². The Bertz CT molecular complexity index is 1350. The number of methoxy groups -OCH3 is 1. The minimum atomic E-state index is -0.293. The second-order valence-corrected chi connectivity index (χ2v) is 10.4. The molecule has 1 saturated carbocycles. The maximum atomic E-state index is 12.2. The van der Waals surface area contributed by atoms with Gasteiger partial charge in [0.15, 0.2) is 5.65 Å². The summed E-state index contributed by atoms with van der Waals surface area (Å²) < 4.78 is 5.77. The van der Waals surface area contributed by atoms with Gasteiger partial charge in [-0.3, -0.25) is 4.79 Å². The molecule has 4 N–H and O–H groups in total. The van der Waals surface area contributed by atoms with Gasteiger partial charge in [0, 0.05) is 44.0 Å². The Morgan fingerprint density at radius 1 is 1.22 bits per heavy atom. The summed E-state index contributed by atoms with van der Waals surface area (Å²) in [5.74, 6) is 1.20. The summed E-state index contributed by atoms with van der Waals surface area (Å²) in [6.07, 6.45) is 6.79. The van der Waals surface area contributed by atoms with E-state index >= 15 is 0 Å². The maximum absolute atomic E-state index is 12.2. The van der Waals surface area contributed by atoms with Crippen molar-refractivity contribution in [1.82, 2.24) is 19.9 Å². The van der Waals surface area contributed by atoms with Crippen LogP contribution in [0, 0.1) is 17.8 Å². The number of rotatable bonds is 6. The Balaban J connectivity index is 1.34. The van der Waals surface area contributed by atoms with Gasteiger partial charge in [-0.15, -0.1) is 0 Å². The van der Waals surface area contributed by atoms with E-state index in [0.29, 0.717) is 27.7 Å². The van der Waals surface area contributed by atoms with E-state index < -0.39 is 0 Å². The fourth-order valence-corrected chi connectivity index (χ4v) is 6.10. The lowest BCUT2D eigenvalue weighted by molar-refractivity contribution is -0.122. The third kappa shape index (κ3) is 3.87. The molecule has 2 fully saturated rings. The molecule has 10 heteroatoms. The molecule has 1 saturated heterocycles. The monoisotopic (exact) mass is 507 g/mol. The third-order valence-electron chi connectivity index (χ3n) is 7.87. The predicted octanol–water partition coefficient (Wildman–Crippen LogP) is 3.13. The zero-order chi connectivity index (χ0) is 25.0. The molecule has 3 aliphatic rings. The minimum absolute atomic E-state index is 0.127. The molecule has 3 aromatic rings. The summed E-state index contributed by atoms with van der Waals surface area (Å²) >= 11 is 6.60. The van der Waals surface area contributed by atoms with Crippen molar-refractivity contribution in [3.63, 3.8) is 0 Å². The van der Waals surface area contributed by atoms with Crippen molar-refractivity contribution in [1.29, 1.82) is 0 Å². The molecule has 1 amide bonds. The van der Waals surface area contributed by atoms with Crippen LogP contribution in [-0.2, 0) is 4.79 Å². The smallest absolute Gasteiger partial charge is 0.223 e. The maximum Gasteiger partial charge on any atom is 0.223 e. The van der Waals surface area contributed by atoms with Crippen molar-refractivity contribution in [2.45, 2.75) is 12.5 Å². The number of primary amides is 1. The Morgan fingerprint density at radius 2 is 2.00 bits per heavy atom. The van der Waals surface area contributed by atoms with Crippen molar-refractivity contribution in [2.24, 2.45) is 23.5 Å². The molecule has 0 spiro atoms. The number of aromatic amines is 1. The van der Waals surface area contributed by atoms with Gasteiger partial charge in [0.1, 0.15) is 17.1 Å². The van der Waals surface area contributed by atoms with Crippen LogP contribution < -0.4 is 20.7 Å². The molecular formula is C26H30ClN7O2. The molecule has 1 aromatic carbocycles. The number of ether oxygens (including phenoxy) is 1. The molecule has 0 unspecified atom stereocenters. The van der Waals surface area contributed by atoms with E-state index in [-0.39, 0.29) is 29.7 Å². The van der Waals surface area contributed by atoms with Crippen molar-refractivity contribution < 1.29 is 9.53 Å². The van der Waals surface area contributed by atoms with Crippen LogP contribution in [0.3, 0.4) is 0 Å². The number of allylic oxidation sites excluding steroid dienone is 1. The van der Waals surface area contributed by atoms with Crippen LogP contribution in [0.15, 0.2) is 36.5 Å². The van der Waals surface area contributed by atoms with Gasteiger partial charge in [-0.1, -0.05) is 23.8 Å². The van der Waals surface area contributed by atoms with Crippen LogP contribution in [-0.4, -0.2) is 72.1 Å². The van der Waals surface area contributed by atoms with Gasteiger partial charge in [-0.25, -0.2) is 9.97 Å². The second kappa shape index (κ2) is 8.97. The normalized spacial score (nSPS) is 25.6. The van der Waals surface area contributed by atoms with Crippen LogP contribution in [0.25, 0.3) is 22.6 Å². The Hall–Kier alpha value is -3.30. The molecule has 9 nitrogen and oxygen atoms in total. The first-order chi connectivity index (χ1) is 17.4. The first kappa shape index (κ1) is 23.1. The number of pyridine rings is 1. The fourth-order valence-electron chi connectivity index (χ4n) is 5.91. The lowest BCUT2D eigenvalue weighted by atomic mass is 9.88. The van der Waals surface area contributed by atoms with E-state index in [1.807, 2.05) is 6.07 Å². The zero-order valence-electron chi connectivity index (χ0n) is 20.4. The molecule has 1 aliphatic heterocycles. The van der Waals surface area contributed by atoms with Crippen LogP contribution in [0.4, 0.5) is 11.4 Å². The number of H-pyrrole nitrogens is 1. The van der Waals surface area contributed by atoms with Crippen LogP contribution >= 0.6 is 11.6 Å². The fraction of sp³-hybridized carbons (Fsp3) is 0.423. The van der Waals surface area contributed by atoms with Gasteiger partial charge in [0.25, 0.3) is 0 Å². The SMILES string of the molecule is COc1cc(N2CCN(C)CC2)ccc1-c1nc2c(N[C@@H]3[C@H](C(N)=O)[C@H]4C=C[C@@H]3C4)c(Cl)cnc2[nH]1. The summed E-state index contributed by atoms with van der Waals surface area (Å²) in [5.41, 5.74) is 9.63. The van der Waals surface area contributed by atoms with E-state index in [4.69, 9.17) is 27.1 Å². The minimum Gasteiger partial charge on any atom is -0.496 e. The predicted molar refractivity (Wildman–Crippen MR) is 141 cm³/mol. The van der Waals surface area contributed by atoms with Gasteiger partial charge in [0.2, 0.25) is 5.91 Å². The summed E-state index contributed by atoms with van der Waals surface area (Å²) in [4.78, 5) is 29.6. The van der Waals surface area contributed by atoms with Gasteiger partial charge in [0.05, 0.1) is 35.5 Å². The molecule has 4 atom stereocenters. The lowest BCUT2D eigenvalue weighted by Gasteiger charge is -2.34. The molecule has 188 valence electrons. The number of halogens is 1. The van der Waals surface area contributed by atoms with Gasteiger partial charge in [-0.05, 0) is 37.4 Å². The highest BCUT2D eigenvalue weighted by Gasteiger charge is 2.47. The Morgan fingerprint density at radius 3 is 2.75 bits per heavy atom. The van der Waals surface area contributed by atoms with E-state index in [2.05, 4.69) is 56.4 Å². The van der Waals surface area contributed by atoms with Crippen molar-refractivity contribution in [3.05, 3.63) is 41.6 Å². The summed E-state index contributed by atoms with van der Waals surface area (Å²) in [5, 5.41) is 3.97. The molecular weight excluding hydrogens is 478 g/mol. The molecule has 2 aliphatic carbocycles. The third-order valence-corrected chi connectivity index (χ3v) is 8.16. The highest BCUT2D eigenvalue weighted by Crippen LogP contribution is 2.46. The molecule has 2 aromatic heterocycles. The number of hydrogen-bond donors (Lipinski definition) is 3. The first-order valence-electron chi connectivity index (χ1n) is 12.3. The lowest BCUT2D eigenvalue weighted by Crippen LogP contribution is -2.44. The number of nitrogens with zero attached hydrogens (tertiary/aromatic N) is 4. The largest absolute Gasteiger partial charge is 0.496 e. The number of nitrogens with one attached hydrogen (secondary N) is 2. The van der Waals surface area contributed by atoms with Crippen LogP contribution in [0.5, 0.6) is 5.75 Å². The number of carbonyl (C=O) groups excluding carboxylic acids is 1. The topological polar surface area (TPSA) is 112 Å². The average Bonchev–Trinajstić information content (AvgIpc) is 3.60. The summed E-state index contributed by atoms with van der Waals surface area (Å²) in [6.45, 7) is 4.02. The van der Waals surface area contributed by atoms with Crippen LogP contribution in [0.2, 0.25) is 5.02 Å². The number of piperazine rings is 1. The highest BCUT2D eigenvalue weighted by atomic mass is 35.5. The molecule has 6 rings (SSSR count). The van der Waals surface area contributed by atoms with E-state index in [1.54, 1.807) is 13.3 Å². The number of anilines is 2. The van der Waals surface area contributed by atoms with E-state index in [1.165, 1.54) is 0 Å². The summed E-state index contributed by atoms with van der Waals surface area (Å²) in [7, 11) is 3.82. The number of fused-ring (bicyclic) bond motifs is 3. The van der Waals surface area contributed by atoms with E-state index in [0.717, 1.165) is 49.6 Å². The Labute approximate surface area is 214 Å². The Kier molecular flexibility index (Phi) is 5.76. The molecule has 0 radical (unpaired) electrons. The number of aromatic nitrogens is 3. The summed E-state index contributed by atoms with van der Waals surface area (Å²) in [6, 6.07) is 6.07. The molecule has 36 heavy (non-hydrogen) atoms. The standard InChI is InChI=1S/C26H30ClN7O2/c1-33-7-9-34(10-8-33)16-5-6-17(19(12-16)36-2)25-31-23-22(18(27)13-29-26(23)32-25)30-21-15-4-3-14(11-15)20(21)24(28)35/h3-6,12-15,20-21H,7-11H2,1-2H3,(H2,28,35)(H2,29,30,31,32)/t14-,15+,20+,21-/m0/s1. The van der Waals surface area contributed by atoms with Gasteiger partial charge < -0.3 is 30.6 Å². The number of benzene rings is 1. The molecule has 2 bridgehead atoms. The number of nitrogens with two attached hydrogens (primary N) is 1. The molecule has 3 heterocycles. The first-order valence-corrected chi connectivity index (χ1v) is 12.7. The number of carbonyl (C=O) groups is 1. The number of amides is 1. The van der Waals surface area contributed by atoms with Crippen molar-refractivity contribution in [3.8, 4) is 17.1 Å². The van der Waals surface area contributed by atoms with Crippen molar-refractivity contribution in [2.75, 3.05) is 50.6 Å². The number of likely N-dealkylation sites (N-methyl/N-ethyl adjacent to an activating group) is 1. The zero-order valence-corrected chi connectivity index (χ0v) is 21.1. The van der Waals surface area contributed by atoms with Gasteiger partial charge >= 0.3 is 0 Å². The number of hydrogen-bond acceptors (Lipinski definition) is 7. The second-order valence-electron chi connectivity index (χ2n) is 9.99. The van der Waals surface area contributed by atoms with E-state index in [9.17, 15) is 4.79 Å². The van der Waals surface area contributed by atoms with Crippen molar-refractivity contribution >= 4 is 40.0 Å². The highest BCUT2D eigenvalue weighted by molar-refractivity contribution is 6.34. The quantitative estimate of drug-likeness (QED) is 0.439. The number of imidazole rings is 1. The van der Waals surface area contributed by atoms with Gasteiger partial charge in [-0.2, -0.15) is 0 Å².